The van der Waals surface area contributed by atoms with Gasteiger partial charge in [-0.1, -0.05) is 12.1 Å². The van der Waals surface area contributed by atoms with Gasteiger partial charge in [0.15, 0.2) is 0 Å². The van der Waals surface area contributed by atoms with Gasteiger partial charge in [0.2, 0.25) is 0 Å². The molecule has 6 heteroatoms. The van der Waals surface area contributed by atoms with Crippen molar-refractivity contribution < 1.29 is 14.3 Å². The molecule has 5 nitrogen and oxygen atoms in total. The summed E-state index contributed by atoms with van der Waals surface area (Å²) in [6.07, 6.45) is 1.41. The number of ether oxygens (including phenoxy) is 2. The third kappa shape index (κ3) is 3.88. The zero-order chi connectivity index (χ0) is 14.4. The maximum absolute atomic E-state index is 11.6. The van der Waals surface area contributed by atoms with Gasteiger partial charge in [-0.15, -0.1) is 0 Å². The molecule has 0 saturated carbocycles. The Morgan fingerprint density at radius 3 is 3.05 bits per heavy atom. The predicted octanol–water partition coefficient (Wildman–Crippen LogP) is 1.58. The van der Waals surface area contributed by atoms with Crippen molar-refractivity contribution in [3.63, 3.8) is 0 Å². The Morgan fingerprint density at radius 2 is 2.35 bits per heavy atom. The number of para-hydroxylation sites is 1. The summed E-state index contributed by atoms with van der Waals surface area (Å²) < 4.78 is 11.2. The second-order valence-corrected chi connectivity index (χ2v) is 5.94. The molecule has 2 unspecified atom stereocenters. The van der Waals surface area contributed by atoms with Crippen LogP contribution in [-0.2, 0) is 4.74 Å². The Balaban J connectivity index is 1.80. The topological polar surface area (TPSA) is 73.6 Å². The highest BCUT2D eigenvalue weighted by Gasteiger charge is 2.24. The molecule has 2 atom stereocenters. The quantitative estimate of drug-likeness (QED) is 0.361. The molecule has 1 aliphatic heterocycles. The van der Waals surface area contributed by atoms with Gasteiger partial charge >= 0.3 is 0 Å². The third-order valence-electron chi connectivity index (χ3n) is 3.24. The number of benzene rings is 1. The van der Waals surface area contributed by atoms with E-state index in [2.05, 4.69) is 12.3 Å². The number of nitrogens with two attached hydrogens (primary N) is 1. The number of hydrogen-bond donors (Lipinski definition) is 2. The van der Waals surface area contributed by atoms with Crippen LogP contribution in [0.15, 0.2) is 24.3 Å². The van der Waals surface area contributed by atoms with Gasteiger partial charge in [-0.25, -0.2) is 5.84 Å². The lowest BCUT2D eigenvalue weighted by molar-refractivity contribution is 0.0950. The molecule has 20 heavy (non-hydrogen) atoms. The Kier molecular flexibility index (Phi) is 5.70. The Bertz CT molecular complexity index is 456. The van der Waals surface area contributed by atoms with Crippen LogP contribution in [0.5, 0.6) is 5.75 Å². The highest BCUT2D eigenvalue weighted by Crippen LogP contribution is 2.26. The maximum Gasteiger partial charge on any atom is 0.268 e. The number of carbonyl (C=O) groups is 1. The summed E-state index contributed by atoms with van der Waals surface area (Å²) in [5, 5.41) is 0.543. The van der Waals surface area contributed by atoms with E-state index in [1.54, 1.807) is 18.2 Å². The molecule has 110 valence electrons. The van der Waals surface area contributed by atoms with Crippen molar-refractivity contribution in [2.45, 2.75) is 24.7 Å². The fourth-order valence-corrected chi connectivity index (χ4v) is 3.23. The van der Waals surface area contributed by atoms with Gasteiger partial charge in [0, 0.05) is 17.6 Å². The first-order chi connectivity index (χ1) is 9.72. The molecular weight excluding hydrogens is 276 g/mol. The van der Waals surface area contributed by atoms with E-state index in [1.807, 2.05) is 17.8 Å². The average Bonchev–Trinajstić information content (AvgIpc) is 2.88. The highest BCUT2D eigenvalue weighted by molar-refractivity contribution is 8.00. The van der Waals surface area contributed by atoms with Crippen LogP contribution in [0, 0.1) is 0 Å². The van der Waals surface area contributed by atoms with Gasteiger partial charge in [-0.3, -0.25) is 10.2 Å². The summed E-state index contributed by atoms with van der Waals surface area (Å²) in [6, 6.07) is 7.08. The van der Waals surface area contributed by atoms with Gasteiger partial charge in [0.1, 0.15) is 5.75 Å². The molecule has 1 aliphatic rings. The molecule has 0 radical (unpaired) electrons. The fourth-order valence-electron chi connectivity index (χ4n) is 2.14. The SMILES string of the molecule is CC1OCCC1SCCOc1ccccc1C(=O)NN. The van der Waals surface area contributed by atoms with Crippen molar-refractivity contribution in [1.82, 2.24) is 5.43 Å². The number of carbonyl (C=O) groups excluding carboxylic acids is 1. The molecule has 0 aliphatic carbocycles. The average molecular weight is 296 g/mol. The van der Waals surface area contributed by atoms with E-state index in [0.29, 0.717) is 29.3 Å². The van der Waals surface area contributed by atoms with Crippen molar-refractivity contribution >= 4 is 17.7 Å². The van der Waals surface area contributed by atoms with E-state index in [-0.39, 0.29) is 5.91 Å². The lowest BCUT2D eigenvalue weighted by atomic mass is 10.2. The van der Waals surface area contributed by atoms with Crippen molar-refractivity contribution in [2.75, 3.05) is 19.0 Å². The Morgan fingerprint density at radius 1 is 1.55 bits per heavy atom. The van der Waals surface area contributed by atoms with Crippen LogP contribution in [0.3, 0.4) is 0 Å². The Labute approximate surface area is 123 Å². The normalized spacial score (nSPS) is 21.7. The van der Waals surface area contributed by atoms with Crippen LogP contribution in [0.1, 0.15) is 23.7 Å². The number of amides is 1. The van der Waals surface area contributed by atoms with E-state index >= 15 is 0 Å². The van der Waals surface area contributed by atoms with E-state index in [0.717, 1.165) is 18.8 Å². The number of hydrogen-bond acceptors (Lipinski definition) is 5. The first kappa shape index (κ1) is 15.2. The highest BCUT2D eigenvalue weighted by atomic mass is 32.2. The minimum absolute atomic E-state index is 0.315. The molecule has 1 aromatic carbocycles. The molecule has 1 aromatic rings. The molecule has 1 fully saturated rings. The van der Waals surface area contributed by atoms with Crippen LogP contribution in [-0.4, -0.2) is 36.2 Å². The van der Waals surface area contributed by atoms with E-state index in [1.165, 1.54) is 0 Å². The molecule has 3 N–H and O–H groups in total. The maximum atomic E-state index is 11.6. The molecular formula is C14H20N2O3S. The van der Waals surface area contributed by atoms with E-state index in [4.69, 9.17) is 15.3 Å². The van der Waals surface area contributed by atoms with Crippen LogP contribution < -0.4 is 16.0 Å². The fraction of sp³-hybridized carbons (Fsp3) is 0.500. The number of thioether (sulfide) groups is 1. The lowest BCUT2D eigenvalue weighted by Gasteiger charge is -2.14. The number of hydrazine groups is 1. The summed E-state index contributed by atoms with van der Waals surface area (Å²) in [7, 11) is 0. The summed E-state index contributed by atoms with van der Waals surface area (Å²) in [4.78, 5) is 11.6. The minimum Gasteiger partial charge on any atom is -0.492 e. The smallest absolute Gasteiger partial charge is 0.268 e. The van der Waals surface area contributed by atoms with Gasteiger partial charge in [-0.05, 0) is 25.5 Å². The van der Waals surface area contributed by atoms with Gasteiger partial charge in [0.25, 0.3) is 5.91 Å². The van der Waals surface area contributed by atoms with Crippen molar-refractivity contribution in [3.05, 3.63) is 29.8 Å². The monoisotopic (exact) mass is 296 g/mol. The summed E-state index contributed by atoms with van der Waals surface area (Å²) in [5.74, 6) is 6.24. The molecule has 1 heterocycles. The van der Waals surface area contributed by atoms with Crippen molar-refractivity contribution in [3.8, 4) is 5.75 Å². The predicted molar refractivity (Wildman–Crippen MR) is 79.9 cm³/mol. The van der Waals surface area contributed by atoms with Crippen LogP contribution in [0.2, 0.25) is 0 Å². The summed E-state index contributed by atoms with van der Waals surface area (Å²) in [5.41, 5.74) is 2.58. The second-order valence-electron chi connectivity index (χ2n) is 4.59. The van der Waals surface area contributed by atoms with Crippen LogP contribution in [0.4, 0.5) is 0 Å². The summed E-state index contributed by atoms with van der Waals surface area (Å²) >= 11 is 1.86. The Hall–Kier alpha value is -1.24. The largest absolute Gasteiger partial charge is 0.492 e. The van der Waals surface area contributed by atoms with Gasteiger partial charge in [-0.2, -0.15) is 11.8 Å². The molecule has 0 bridgehead atoms. The van der Waals surface area contributed by atoms with Gasteiger partial charge < -0.3 is 9.47 Å². The lowest BCUT2D eigenvalue weighted by Crippen LogP contribution is -2.30. The zero-order valence-electron chi connectivity index (χ0n) is 11.5. The van der Waals surface area contributed by atoms with Gasteiger partial charge in [0.05, 0.1) is 18.3 Å². The number of nitrogen functional groups attached to an aromatic ring is 1. The molecule has 0 aromatic heterocycles. The molecule has 2 rings (SSSR count). The van der Waals surface area contributed by atoms with E-state index < -0.39 is 0 Å². The van der Waals surface area contributed by atoms with Crippen molar-refractivity contribution in [2.24, 2.45) is 5.84 Å². The van der Waals surface area contributed by atoms with Crippen LogP contribution >= 0.6 is 11.8 Å². The molecule has 1 amide bonds. The number of rotatable bonds is 6. The van der Waals surface area contributed by atoms with Crippen molar-refractivity contribution in [1.29, 1.82) is 0 Å². The van der Waals surface area contributed by atoms with Crippen LogP contribution in [0.25, 0.3) is 0 Å². The number of nitrogens with one attached hydrogen (secondary N) is 1. The third-order valence-corrected chi connectivity index (χ3v) is 4.69. The zero-order valence-corrected chi connectivity index (χ0v) is 12.3. The first-order valence-electron chi connectivity index (χ1n) is 6.68. The molecule has 1 saturated heterocycles. The van der Waals surface area contributed by atoms with E-state index in [9.17, 15) is 4.79 Å². The first-order valence-corrected chi connectivity index (χ1v) is 7.73. The standard InChI is InChI=1S/C14H20N2O3S/c1-10-13(6-7-18-10)20-9-8-19-12-5-3-2-4-11(12)14(17)16-15/h2-5,10,13H,6-9,15H2,1H3,(H,16,17). The summed E-state index contributed by atoms with van der Waals surface area (Å²) in [6.45, 7) is 3.51. The second kappa shape index (κ2) is 7.52. The molecule has 0 spiro atoms. The minimum atomic E-state index is -0.342.